The van der Waals surface area contributed by atoms with E-state index in [1.54, 1.807) is 0 Å². The molecule has 4 nitrogen and oxygen atoms in total. The molecule has 0 aromatic rings. The van der Waals surface area contributed by atoms with Crippen LogP contribution in [0.1, 0.15) is 60.8 Å². The lowest BCUT2D eigenvalue weighted by Crippen LogP contribution is -2.59. The van der Waals surface area contributed by atoms with Crippen LogP contribution < -0.4 is 0 Å². The average Bonchev–Trinajstić information content (AvgIpc) is 2.39. The van der Waals surface area contributed by atoms with E-state index in [2.05, 4.69) is 46.4 Å². The third-order valence-corrected chi connectivity index (χ3v) is 5.75. The van der Waals surface area contributed by atoms with Crippen molar-refractivity contribution < 1.29 is 23.0 Å². The lowest BCUT2D eigenvalue weighted by molar-refractivity contribution is -0.161. The van der Waals surface area contributed by atoms with Crippen molar-refractivity contribution in [3.8, 4) is 0 Å². The number of hydrogen-bond donors (Lipinski definition) is 0. The first-order valence-corrected chi connectivity index (χ1v) is 10.3. The summed E-state index contributed by atoms with van der Waals surface area (Å²) in [5.41, 5.74) is 0.418. The molecular weight excluding hydrogens is 352 g/mol. The van der Waals surface area contributed by atoms with Crippen molar-refractivity contribution in [2.75, 3.05) is 39.5 Å². The van der Waals surface area contributed by atoms with Crippen LogP contribution in [0.4, 0.5) is 8.78 Å². The molecular formula is C21H39F2NO3. The zero-order valence-electron chi connectivity index (χ0n) is 18.0. The summed E-state index contributed by atoms with van der Waals surface area (Å²) in [5, 5.41) is 0. The fourth-order valence-corrected chi connectivity index (χ4v) is 3.41. The molecule has 0 atom stereocenters. The highest BCUT2D eigenvalue weighted by Crippen LogP contribution is 2.43. The van der Waals surface area contributed by atoms with E-state index in [0.717, 1.165) is 25.9 Å². The third kappa shape index (κ3) is 7.56. The molecule has 0 amide bonds. The van der Waals surface area contributed by atoms with Crippen LogP contribution in [-0.2, 0) is 14.2 Å². The first kappa shape index (κ1) is 23.0. The van der Waals surface area contributed by atoms with Gasteiger partial charge in [-0.2, -0.15) is 0 Å². The Hall–Kier alpha value is -0.300. The van der Waals surface area contributed by atoms with Crippen LogP contribution in [0.15, 0.2) is 0 Å². The van der Waals surface area contributed by atoms with Gasteiger partial charge < -0.3 is 14.2 Å². The van der Waals surface area contributed by atoms with Crippen molar-refractivity contribution in [2.45, 2.75) is 84.5 Å². The van der Waals surface area contributed by atoms with E-state index < -0.39 is 19.1 Å². The lowest BCUT2D eigenvalue weighted by atomic mass is 9.67. The zero-order chi connectivity index (χ0) is 20.3. The summed E-state index contributed by atoms with van der Waals surface area (Å²) in [6.45, 7) is 14.7. The minimum atomic E-state index is -2.92. The fraction of sp³-hybridized carbons (Fsp3) is 1.00. The molecule has 0 radical (unpaired) electrons. The van der Waals surface area contributed by atoms with Gasteiger partial charge in [-0.25, -0.2) is 8.78 Å². The van der Waals surface area contributed by atoms with Gasteiger partial charge >= 0.3 is 0 Å². The van der Waals surface area contributed by atoms with E-state index in [9.17, 15) is 8.78 Å². The summed E-state index contributed by atoms with van der Waals surface area (Å²) < 4.78 is 44.0. The lowest BCUT2D eigenvalue weighted by Gasteiger charge is -2.47. The van der Waals surface area contributed by atoms with Crippen molar-refractivity contribution >= 4 is 0 Å². The summed E-state index contributed by atoms with van der Waals surface area (Å²) in [6, 6.07) is 0. The van der Waals surface area contributed by atoms with Crippen LogP contribution in [0.3, 0.4) is 0 Å². The van der Waals surface area contributed by atoms with Gasteiger partial charge in [-0.3, -0.25) is 4.90 Å². The number of nitrogens with zero attached hydrogens (tertiary/aromatic N) is 1. The molecule has 2 aliphatic rings. The number of alkyl halides is 2. The van der Waals surface area contributed by atoms with E-state index >= 15 is 0 Å². The normalized spacial score (nSPS) is 25.3. The average molecular weight is 392 g/mol. The van der Waals surface area contributed by atoms with Gasteiger partial charge in [0.25, 0.3) is 5.92 Å². The molecule has 6 heteroatoms. The molecule has 1 saturated carbocycles. The molecule has 2 fully saturated rings. The number of hydrogen-bond acceptors (Lipinski definition) is 4. The van der Waals surface area contributed by atoms with E-state index in [-0.39, 0.29) is 23.2 Å². The van der Waals surface area contributed by atoms with Crippen molar-refractivity contribution in [1.29, 1.82) is 0 Å². The smallest absolute Gasteiger partial charge is 0.293 e. The number of likely N-dealkylation sites (tertiary alicyclic amines) is 1. The van der Waals surface area contributed by atoms with E-state index in [1.807, 2.05) is 0 Å². The van der Waals surface area contributed by atoms with Gasteiger partial charge in [0, 0.05) is 31.8 Å². The molecule has 0 spiro atoms. The number of ether oxygens (including phenoxy) is 3. The maximum Gasteiger partial charge on any atom is 0.293 e. The Labute approximate surface area is 163 Å². The standard InChI is InChI=1S/C21H39F2NO3/c1-19(2,3)16-10-17(11-16)27-15-21(22,23)14-25-8-7-9-26-18-12-24(13-18)20(4,5)6/h16-18H,7-15H2,1-6H3. The van der Waals surface area contributed by atoms with Gasteiger partial charge in [0.15, 0.2) is 0 Å². The van der Waals surface area contributed by atoms with Crippen molar-refractivity contribution in [2.24, 2.45) is 11.3 Å². The highest BCUT2D eigenvalue weighted by Gasteiger charge is 2.40. The summed E-state index contributed by atoms with van der Waals surface area (Å²) in [5.74, 6) is -2.35. The molecule has 0 bridgehead atoms. The third-order valence-electron chi connectivity index (χ3n) is 5.75. The van der Waals surface area contributed by atoms with Gasteiger partial charge in [0.2, 0.25) is 0 Å². The maximum absolute atomic E-state index is 13.8. The van der Waals surface area contributed by atoms with E-state index in [1.165, 1.54) is 0 Å². The zero-order valence-corrected chi connectivity index (χ0v) is 18.0. The molecule has 1 aliphatic carbocycles. The predicted molar refractivity (Wildman–Crippen MR) is 103 cm³/mol. The molecule has 27 heavy (non-hydrogen) atoms. The van der Waals surface area contributed by atoms with Gasteiger partial charge in [0.05, 0.1) is 12.2 Å². The van der Waals surface area contributed by atoms with E-state index in [0.29, 0.717) is 25.6 Å². The van der Waals surface area contributed by atoms with Gasteiger partial charge in [-0.1, -0.05) is 20.8 Å². The molecule has 0 aromatic heterocycles. The maximum atomic E-state index is 13.8. The monoisotopic (exact) mass is 391 g/mol. The Bertz CT molecular complexity index is 447. The summed E-state index contributed by atoms with van der Waals surface area (Å²) in [4.78, 5) is 2.36. The second-order valence-electron chi connectivity index (χ2n) is 10.3. The first-order chi connectivity index (χ1) is 12.4. The van der Waals surface area contributed by atoms with Crippen molar-refractivity contribution in [1.82, 2.24) is 4.90 Å². The molecule has 2 rings (SSSR count). The van der Waals surface area contributed by atoms with Crippen LogP contribution in [-0.4, -0.2) is 68.1 Å². The summed E-state index contributed by atoms with van der Waals surface area (Å²) in [7, 11) is 0. The first-order valence-electron chi connectivity index (χ1n) is 10.3. The molecule has 0 N–H and O–H groups in total. The van der Waals surface area contributed by atoms with Crippen LogP contribution in [0, 0.1) is 11.3 Å². The van der Waals surface area contributed by atoms with Crippen LogP contribution in [0.2, 0.25) is 0 Å². The SMILES string of the molecule is CC(C)(C)C1CC(OCC(F)(F)COCCCOC2CN(C(C)(C)C)C2)C1. The largest absolute Gasteiger partial charge is 0.375 e. The Morgan fingerprint density at radius 1 is 0.852 bits per heavy atom. The molecule has 160 valence electrons. The van der Waals surface area contributed by atoms with Gasteiger partial charge in [-0.15, -0.1) is 0 Å². The Kier molecular flexibility index (Phi) is 7.68. The molecule has 0 aromatic carbocycles. The van der Waals surface area contributed by atoms with Crippen LogP contribution >= 0.6 is 0 Å². The van der Waals surface area contributed by atoms with Gasteiger partial charge in [0.1, 0.15) is 13.2 Å². The van der Waals surface area contributed by atoms with Crippen molar-refractivity contribution in [3.05, 3.63) is 0 Å². The molecule has 1 aliphatic heterocycles. The highest BCUT2D eigenvalue weighted by atomic mass is 19.3. The highest BCUT2D eigenvalue weighted by molar-refractivity contribution is 4.89. The second kappa shape index (κ2) is 9.02. The van der Waals surface area contributed by atoms with Crippen molar-refractivity contribution in [3.63, 3.8) is 0 Å². The van der Waals surface area contributed by atoms with Crippen LogP contribution in [0.25, 0.3) is 0 Å². The number of halogens is 2. The topological polar surface area (TPSA) is 30.9 Å². The Balaban J connectivity index is 1.45. The minimum Gasteiger partial charge on any atom is -0.375 e. The predicted octanol–water partition coefficient (Wildman–Crippen LogP) is 4.37. The summed E-state index contributed by atoms with van der Waals surface area (Å²) >= 11 is 0. The minimum absolute atomic E-state index is 0.0244. The Morgan fingerprint density at radius 2 is 1.48 bits per heavy atom. The van der Waals surface area contributed by atoms with Gasteiger partial charge in [-0.05, 0) is 51.4 Å². The number of rotatable bonds is 10. The van der Waals surface area contributed by atoms with E-state index in [4.69, 9.17) is 14.2 Å². The molecule has 0 unspecified atom stereocenters. The second-order valence-corrected chi connectivity index (χ2v) is 10.3. The van der Waals surface area contributed by atoms with Crippen LogP contribution in [0.5, 0.6) is 0 Å². The summed E-state index contributed by atoms with van der Waals surface area (Å²) in [6.07, 6.45) is 2.64. The molecule has 1 saturated heterocycles. The quantitative estimate of drug-likeness (QED) is 0.518. The molecule has 1 heterocycles. The fourth-order valence-electron chi connectivity index (χ4n) is 3.41. The Morgan fingerprint density at radius 3 is 2.04 bits per heavy atom.